The lowest BCUT2D eigenvalue weighted by molar-refractivity contribution is 0.0384. The second-order valence-corrected chi connectivity index (χ2v) is 9.23. The molecule has 0 saturated heterocycles. The van der Waals surface area contributed by atoms with Crippen molar-refractivity contribution >= 4 is 11.4 Å². The van der Waals surface area contributed by atoms with Crippen LogP contribution < -0.4 is 4.90 Å². The summed E-state index contributed by atoms with van der Waals surface area (Å²) < 4.78 is 176. The second-order valence-electron chi connectivity index (χ2n) is 9.23. The van der Waals surface area contributed by atoms with Crippen LogP contribution in [0.1, 0.15) is 56.6 Å². The van der Waals surface area contributed by atoms with Crippen LogP contribution in [0, 0.1) is 58.2 Å². The molecular weight excluding hydrogens is 566 g/mol. The fourth-order valence-corrected chi connectivity index (χ4v) is 4.83. The van der Waals surface area contributed by atoms with Crippen molar-refractivity contribution in [2.24, 2.45) is 0 Å². The van der Waals surface area contributed by atoms with E-state index in [9.17, 15) is 30.7 Å². The Labute approximate surface area is 220 Å². The minimum absolute atomic E-state index is 0.00465. The van der Waals surface area contributed by atoms with E-state index >= 15 is 22.0 Å². The van der Waals surface area contributed by atoms with Crippen molar-refractivity contribution in [3.63, 3.8) is 0 Å². The number of unbranched alkanes of at least 4 members (excludes halogenated alkanes) is 5. The Morgan fingerprint density at radius 2 is 1.07 bits per heavy atom. The summed E-state index contributed by atoms with van der Waals surface area (Å²) in [4.78, 5) is 0.302. The molecule has 3 aromatic rings. The summed E-state index contributed by atoms with van der Waals surface area (Å²) >= 11 is 0. The fourth-order valence-electron chi connectivity index (χ4n) is 4.83. The monoisotopic (exact) mass is 585 g/mol. The molecule has 0 bridgehead atoms. The minimum Gasteiger partial charge on any atom is -0.334 e. The topological polar surface area (TPSA) is 3.24 Å². The van der Waals surface area contributed by atoms with Crippen LogP contribution in [0.4, 0.5) is 64.1 Å². The van der Waals surface area contributed by atoms with Crippen molar-refractivity contribution in [3.8, 4) is 11.1 Å². The molecular formula is C27H19F12N. The molecule has 0 fully saturated rings. The van der Waals surface area contributed by atoms with Gasteiger partial charge >= 0.3 is 5.92 Å². The number of hydrogen-bond donors (Lipinski definition) is 0. The molecule has 0 N–H and O–H groups in total. The maximum atomic E-state index is 15.9. The molecule has 0 saturated carbocycles. The van der Waals surface area contributed by atoms with Crippen molar-refractivity contribution in [2.75, 3.05) is 11.4 Å². The molecule has 0 unspecified atom stereocenters. The van der Waals surface area contributed by atoms with Crippen LogP contribution in [-0.2, 0) is 5.92 Å². The highest BCUT2D eigenvalue weighted by Gasteiger charge is 2.55. The van der Waals surface area contributed by atoms with E-state index in [-0.39, 0.29) is 6.42 Å². The smallest absolute Gasteiger partial charge is 0.305 e. The minimum atomic E-state index is -5.06. The molecule has 40 heavy (non-hydrogen) atoms. The van der Waals surface area contributed by atoms with Gasteiger partial charge in [-0.2, -0.15) is 8.78 Å². The van der Waals surface area contributed by atoms with Gasteiger partial charge in [0.2, 0.25) is 0 Å². The maximum Gasteiger partial charge on any atom is 0.305 e. The van der Waals surface area contributed by atoms with E-state index in [0.717, 1.165) is 19.3 Å². The molecule has 0 heterocycles. The van der Waals surface area contributed by atoms with Gasteiger partial charge in [-0.1, -0.05) is 39.0 Å². The van der Waals surface area contributed by atoms with Crippen LogP contribution in [0.5, 0.6) is 0 Å². The molecule has 4 rings (SSSR count). The van der Waals surface area contributed by atoms with Gasteiger partial charge in [-0.25, -0.2) is 43.9 Å². The van der Waals surface area contributed by atoms with Gasteiger partial charge < -0.3 is 4.90 Å². The number of fused-ring (bicyclic) bond motifs is 3. The lowest BCUT2D eigenvalue weighted by Crippen LogP contribution is -2.25. The van der Waals surface area contributed by atoms with E-state index in [1.807, 2.05) is 6.92 Å². The van der Waals surface area contributed by atoms with Crippen LogP contribution in [0.25, 0.3) is 11.1 Å². The highest BCUT2D eigenvalue weighted by atomic mass is 19.3. The molecule has 1 aliphatic carbocycles. The van der Waals surface area contributed by atoms with Crippen LogP contribution in [-0.4, -0.2) is 6.54 Å². The van der Waals surface area contributed by atoms with E-state index in [0.29, 0.717) is 29.9 Å². The van der Waals surface area contributed by atoms with Gasteiger partial charge in [-0.15, -0.1) is 0 Å². The van der Waals surface area contributed by atoms with Crippen LogP contribution >= 0.6 is 0 Å². The van der Waals surface area contributed by atoms with Crippen molar-refractivity contribution in [1.29, 1.82) is 0 Å². The average Bonchev–Trinajstić information content (AvgIpc) is 3.16. The first-order valence-electron chi connectivity index (χ1n) is 12.1. The molecule has 0 spiro atoms. The normalized spacial score (nSPS) is 13.5. The van der Waals surface area contributed by atoms with Crippen molar-refractivity contribution in [2.45, 2.75) is 51.4 Å². The standard InChI is InChI=1S/C27H19F12N/c1-2-3-4-5-6-7-10-40(12-9-8-11(28)17(29)18(12)30)26-20(32)14-13-15(21(33)24(36)23(35)19(13)31)27(38,39)16(14)22(34)25(26)37/h8-9H,2-7,10H2,1H3. The molecule has 1 aliphatic rings. The Hall–Kier alpha value is -3.38. The number of alkyl halides is 2. The zero-order valence-corrected chi connectivity index (χ0v) is 20.6. The number of halogens is 12. The molecule has 216 valence electrons. The Balaban J connectivity index is 1.98. The summed E-state index contributed by atoms with van der Waals surface area (Å²) in [5.41, 5.74) is -10.9. The van der Waals surface area contributed by atoms with Gasteiger partial charge in [0.05, 0.1) is 16.8 Å². The zero-order valence-electron chi connectivity index (χ0n) is 20.6. The number of hydrogen-bond acceptors (Lipinski definition) is 1. The first kappa shape index (κ1) is 29.6. The average molecular weight is 585 g/mol. The first-order valence-corrected chi connectivity index (χ1v) is 12.1. The van der Waals surface area contributed by atoms with Gasteiger partial charge in [0.1, 0.15) is 5.69 Å². The Kier molecular flexibility index (Phi) is 8.06. The molecule has 0 aliphatic heterocycles. The van der Waals surface area contributed by atoms with Gasteiger partial charge in [-0.3, -0.25) is 0 Å². The molecule has 3 aromatic carbocycles. The van der Waals surface area contributed by atoms with Crippen LogP contribution in [0.2, 0.25) is 0 Å². The number of nitrogens with zero attached hydrogens (tertiary/aromatic N) is 1. The molecule has 13 heteroatoms. The molecule has 0 radical (unpaired) electrons. The van der Waals surface area contributed by atoms with Gasteiger partial charge in [0, 0.05) is 17.7 Å². The van der Waals surface area contributed by atoms with E-state index in [2.05, 4.69) is 0 Å². The van der Waals surface area contributed by atoms with E-state index in [1.165, 1.54) is 0 Å². The number of rotatable bonds is 9. The third kappa shape index (κ3) is 4.46. The maximum absolute atomic E-state index is 15.9. The van der Waals surface area contributed by atoms with E-state index in [1.54, 1.807) is 0 Å². The van der Waals surface area contributed by atoms with E-state index in [4.69, 9.17) is 0 Å². The molecule has 0 atom stereocenters. The summed E-state index contributed by atoms with van der Waals surface area (Å²) in [6.45, 7) is 1.33. The molecule has 0 aromatic heterocycles. The van der Waals surface area contributed by atoms with Crippen molar-refractivity contribution in [1.82, 2.24) is 0 Å². The predicted octanol–water partition coefficient (Wildman–Crippen LogP) is 9.70. The Morgan fingerprint density at radius 3 is 1.70 bits per heavy atom. The third-order valence-corrected chi connectivity index (χ3v) is 6.75. The quantitative estimate of drug-likeness (QED) is 0.105. The van der Waals surface area contributed by atoms with Crippen LogP contribution in [0.3, 0.4) is 0 Å². The van der Waals surface area contributed by atoms with Gasteiger partial charge in [0.25, 0.3) is 0 Å². The summed E-state index contributed by atoms with van der Waals surface area (Å²) in [5, 5.41) is 0. The lowest BCUT2D eigenvalue weighted by atomic mass is 10.0. The summed E-state index contributed by atoms with van der Waals surface area (Å²) in [6.07, 6.45) is 3.38. The third-order valence-electron chi connectivity index (χ3n) is 6.75. The lowest BCUT2D eigenvalue weighted by Gasteiger charge is -2.28. The summed E-state index contributed by atoms with van der Waals surface area (Å²) in [7, 11) is 0. The SMILES string of the molecule is CCCCCCCCN(c1ccc(F)c(F)c1F)c1c(F)c(F)c2c(c1F)-c1c(F)c(F)c(F)c(F)c1C2(F)F. The molecule has 1 nitrogen and oxygen atoms in total. The first-order chi connectivity index (χ1) is 18.8. The van der Waals surface area contributed by atoms with Crippen molar-refractivity contribution in [3.05, 3.63) is 81.4 Å². The molecule has 0 amide bonds. The Morgan fingerprint density at radius 1 is 0.550 bits per heavy atom. The van der Waals surface area contributed by atoms with Gasteiger partial charge in [-0.05, 0) is 18.6 Å². The fraction of sp³-hybridized carbons (Fsp3) is 0.333. The zero-order chi connectivity index (χ0) is 29.7. The predicted molar refractivity (Wildman–Crippen MR) is 121 cm³/mol. The summed E-state index contributed by atoms with van der Waals surface area (Å²) in [5.74, 6) is -28.4. The second kappa shape index (κ2) is 10.9. The highest BCUT2D eigenvalue weighted by molar-refractivity contribution is 5.85. The summed E-state index contributed by atoms with van der Waals surface area (Å²) in [6, 6.07) is 0.935. The van der Waals surface area contributed by atoms with Gasteiger partial charge in [0.15, 0.2) is 58.2 Å². The largest absolute Gasteiger partial charge is 0.334 e. The number of anilines is 2. The highest BCUT2D eigenvalue weighted by Crippen LogP contribution is 2.57. The number of benzene rings is 3. The Bertz CT molecular complexity index is 1480. The van der Waals surface area contributed by atoms with E-state index < -0.39 is 104 Å². The van der Waals surface area contributed by atoms with Crippen molar-refractivity contribution < 1.29 is 52.7 Å². The van der Waals surface area contributed by atoms with Crippen LogP contribution in [0.15, 0.2) is 12.1 Å².